The minimum Gasteiger partial charge on any atom is -0.481 e. The van der Waals surface area contributed by atoms with Crippen LogP contribution in [-0.2, 0) is 6.42 Å². The topological polar surface area (TPSA) is 35.2 Å². The van der Waals surface area contributed by atoms with Gasteiger partial charge in [0.25, 0.3) is 0 Å². The second kappa shape index (κ2) is 3.60. The van der Waals surface area contributed by atoms with E-state index in [1.165, 1.54) is 10.5 Å². The average Bonchev–Trinajstić information content (AvgIpc) is 2.49. The van der Waals surface area contributed by atoms with Crippen LogP contribution in [0.5, 0.6) is 5.75 Å². The highest BCUT2D eigenvalue weighted by Gasteiger charge is 2.12. The van der Waals surface area contributed by atoms with Crippen molar-refractivity contribution in [3.05, 3.63) is 23.8 Å². The summed E-state index contributed by atoms with van der Waals surface area (Å²) < 4.78 is 5.44. The molecule has 3 heteroatoms. The predicted octanol–water partition coefficient (Wildman–Crippen LogP) is 2.02. The van der Waals surface area contributed by atoms with Crippen LogP contribution in [0.25, 0.3) is 0 Å². The maximum absolute atomic E-state index is 5.72. The number of thioether (sulfide) groups is 1. The normalized spacial score (nSPS) is 16.5. The van der Waals surface area contributed by atoms with Gasteiger partial charge in [-0.05, 0) is 31.0 Å². The zero-order valence-corrected chi connectivity index (χ0v) is 8.43. The van der Waals surface area contributed by atoms with Gasteiger partial charge in [0.1, 0.15) is 11.7 Å². The first kappa shape index (κ1) is 8.91. The van der Waals surface area contributed by atoms with Gasteiger partial charge in [0.2, 0.25) is 0 Å². The molecule has 0 aromatic heterocycles. The van der Waals surface area contributed by atoms with Crippen molar-refractivity contribution in [2.45, 2.75) is 24.3 Å². The van der Waals surface area contributed by atoms with Crippen LogP contribution in [0.3, 0.4) is 0 Å². The van der Waals surface area contributed by atoms with Crippen LogP contribution in [-0.4, -0.2) is 12.0 Å². The number of hydrogen-bond acceptors (Lipinski definition) is 3. The maximum atomic E-state index is 5.72. The summed E-state index contributed by atoms with van der Waals surface area (Å²) in [5.74, 6) is 1.76. The van der Waals surface area contributed by atoms with Crippen LogP contribution in [0, 0.1) is 0 Å². The van der Waals surface area contributed by atoms with Gasteiger partial charge in [-0.15, -0.1) is 0 Å². The Labute approximate surface area is 82.5 Å². The summed E-state index contributed by atoms with van der Waals surface area (Å²) in [7, 11) is 0. The molecule has 0 amide bonds. The van der Waals surface area contributed by atoms with Crippen molar-refractivity contribution >= 4 is 11.8 Å². The fourth-order valence-electron chi connectivity index (χ4n) is 1.44. The quantitative estimate of drug-likeness (QED) is 0.784. The number of rotatable bonds is 2. The summed E-state index contributed by atoms with van der Waals surface area (Å²) in [6, 6.07) is 6.56. The Morgan fingerprint density at radius 1 is 1.62 bits per heavy atom. The van der Waals surface area contributed by atoms with E-state index in [2.05, 4.69) is 18.2 Å². The lowest BCUT2D eigenvalue weighted by Gasteiger charge is -2.06. The smallest absolute Gasteiger partial charge is 0.138 e. The first-order chi connectivity index (χ1) is 6.25. The van der Waals surface area contributed by atoms with E-state index in [1.54, 1.807) is 11.8 Å². The van der Waals surface area contributed by atoms with Crippen molar-refractivity contribution in [1.29, 1.82) is 0 Å². The van der Waals surface area contributed by atoms with Gasteiger partial charge in [0.15, 0.2) is 0 Å². The molecule has 0 bridgehead atoms. The van der Waals surface area contributed by atoms with E-state index in [9.17, 15) is 0 Å². The van der Waals surface area contributed by atoms with Gasteiger partial charge in [-0.3, -0.25) is 0 Å². The summed E-state index contributed by atoms with van der Waals surface area (Å²) >= 11 is 1.74. The number of fused-ring (bicyclic) bond motifs is 1. The average molecular weight is 195 g/mol. The zero-order valence-electron chi connectivity index (χ0n) is 7.62. The second-order valence-electron chi connectivity index (χ2n) is 3.37. The SMILES string of the molecule is CC(N)Cc1ccc2c(c1)OCS2. The molecule has 0 radical (unpaired) electrons. The van der Waals surface area contributed by atoms with E-state index >= 15 is 0 Å². The van der Waals surface area contributed by atoms with Crippen molar-refractivity contribution in [3.8, 4) is 5.75 Å². The summed E-state index contributed by atoms with van der Waals surface area (Å²) in [4.78, 5) is 1.24. The second-order valence-corrected chi connectivity index (χ2v) is 4.33. The molecule has 1 aliphatic heterocycles. The molecule has 70 valence electrons. The Bertz CT molecular complexity index is 312. The van der Waals surface area contributed by atoms with E-state index in [0.717, 1.165) is 18.1 Å². The molecule has 1 atom stereocenters. The molecule has 1 aromatic carbocycles. The molecule has 1 aromatic rings. The van der Waals surface area contributed by atoms with Gasteiger partial charge in [-0.2, -0.15) is 0 Å². The first-order valence-corrected chi connectivity index (χ1v) is 5.38. The van der Waals surface area contributed by atoms with E-state index in [1.807, 2.05) is 6.92 Å². The summed E-state index contributed by atoms with van der Waals surface area (Å²) in [5, 5.41) is 0. The standard InChI is InChI=1S/C10H13NOS/c1-7(11)4-8-2-3-10-9(5-8)12-6-13-10/h2-3,5,7H,4,6,11H2,1H3. The minimum absolute atomic E-state index is 0.215. The Morgan fingerprint density at radius 2 is 2.46 bits per heavy atom. The molecule has 2 N–H and O–H groups in total. The molecule has 0 saturated carbocycles. The van der Waals surface area contributed by atoms with E-state index in [0.29, 0.717) is 0 Å². The highest BCUT2D eigenvalue weighted by atomic mass is 32.2. The van der Waals surface area contributed by atoms with Crippen LogP contribution in [0.1, 0.15) is 12.5 Å². The van der Waals surface area contributed by atoms with Gasteiger partial charge in [0.05, 0.1) is 4.90 Å². The number of nitrogens with two attached hydrogens (primary N) is 1. The lowest BCUT2D eigenvalue weighted by Crippen LogP contribution is -2.17. The van der Waals surface area contributed by atoms with Crippen molar-refractivity contribution in [1.82, 2.24) is 0 Å². The van der Waals surface area contributed by atoms with Gasteiger partial charge >= 0.3 is 0 Å². The van der Waals surface area contributed by atoms with Crippen molar-refractivity contribution in [3.63, 3.8) is 0 Å². The van der Waals surface area contributed by atoms with Crippen molar-refractivity contribution < 1.29 is 4.74 Å². The third kappa shape index (κ3) is 1.98. The molecular weight excluding hydrogens is 182 g/mol. The Kier molecular flexibility index (Phi) is 2.47. The maximum Gasteiger partial charge on any atom is 0.138 e. The zero-order chi connectivity index (χ0) is 9.26. The molecule has 0 saturated heterocycles. The van der Waals surface area contributed by atoms with Crippen molar-refractivity contribution in [2.24, 2.45) is 5.73 Å². The van der Waals surface area contributed by atoms with Crippen molar-refractivity contribution in [2.75, 3.05) is 5.94 Å². The predicted molar refractivity (Wildman–Crippen MR) is 55.1 cm³/mol. The number of ether oxygens (including phenoxy) is 1. The van der Waals surface area contributed by atoms with Crippen LogP contribution >= 0.6 is 11.8 Å². The molecule has 1 unspecified atom stereocenters. The largest absolute Gasteiger partial charge is 0.481 e. The number of benzene rings is 1. The van der Waals surface area contributed by atoms with E-state index < -0.39 is 0 Å². The lowest BCUT2D eigenvalue weighted by atomic mass is 10.1. The van der Waals surface area contributed by atoms with Gasteiger partial charge in [-0.1, -0.05) is 17.8 Å². The summed E-state index contributed by atoms with van der Waals surface area (Å²) in [5.41, 5.74) is 6.98. The third-order valence-corrected chi connectivity index (χ3v) is 2.88. The Morgan fingerprint density at radius 3 is 3.23 bits per heavy atom. The fourth-order valence-corrected chi connectivity index (χ4v) is 2.18. The molecular formula is C10H13NOS. The van der Waals surface area contributed by atoms with Crippen LogP contribution in [0.2, 0.25) is 0 Å². The van der Waals surface area contributed by atoms with E-state index in [4.69, 9.17) is 10.5 Å². The molecule has 1 heterocycles. The molecule has 0 aliphatic carbocycles. The molecule has 2 nitrogen and oxygen atoms in total. The highest BCUT2D eigenvalue weighted by Crippen LogP contribution is 2.36. The van der Waals surface area contributed by atoms with Gasteiger partial charge in [-0.25, -0.2) is 0 Å². The molecule has 0 spiro atoms. The Balaban J connectivity index is 2.21. The monoisotopic (exact) mass is 195 g/mol. The summed E-state index contributed by atoms with van der Waals surface area (Å²) in [6.07, 6.45) is 0.918. The molecule has 13 heavy (non-hydrogen) atoms. The third-order valence-electron chi connectivity index (χ3n) is 1.99. The Hall–Kier alpha value is -0.670. The van der Waals surface area contributed by atoms with Gasteiger partial charge in [0, 0.05) is 6.04 Å². The highest BCUT2D eigenvalue weighted by molar-refractivity contribution is 7.99. The van der Waals surface area contributed by atoms with Crippen LogP contribution < -0.4 is 10.5 Å². The minimum atomic E-state index is 0.215. The summed E-state index contributed by atoms with van der Waals surface area (Å²) in [6.45, 7) is 2.02. The van der Waals surface area contributed by atoms with E-state index in [-0.39, 0.29) is 6.04 Å². The van der Waals surface area contributed by atoms with Gasteiger partial charge < -0.3 is 10.5 Å². The molecule has 1 aliphatic rings. The van der Waals surface area contributed by atoms with Crippen LogP contribution in [0.4, 0.5) is 0 Å². The molecule has 0 fully saturated rings. The fraction of sp³-hybridized carbons (Fsp3) is 0.400. The first-order valence-electron chi connectivity index (χ1n) is 4.40. The molecule has 2 rings (SSSR count). The van der Waals surface area contributed by atoms with Crippen LogP contribution in [0.15, 0.2) is 23.1 Å². The lowest BCUT2D eigenvalue weighted by molar-refractivity contribution is 0.397. The number of hydrogen-bond donors (Lipinski definition) is 1.